The SMILES string of the molecule is CC(C)c1nnsc1CN[C@@H](C)CN. The summed E-state index contributed by atoms with van der Waals surface area (Å²) in [5.41, 5.74) is 6.62. The minimum absolute atomic E-state index is 0.345. The van der Waals surface area contributed by atoms with Crippen LogP contribution in [0.25, 0.3) is 0 Å². The van der Waals surface area contributed by atoms with Crippen LogP contribution in [0.5, 0.6) is 0 Å². The second-order valence-corrected chi connectivity index (χ2v) is 4.59. The van der Waals surface area contributed by atoms with Gasteiger partial charge in [-0.15, -0.1) is 5.10 Å². The number of rotatable bonds is 5. The molecule has 4 nitrogen and oxygen atoms in total. The third-order valence-electron chi connectivity index (χ3n) is 2.10. The Morgan fingerprint density at radius 1 is 1.43 bits per heavy atom. The van der Waals surface area contributed by atoms with Crippen LogP contribution in [0.4, 0.5) is 0 Å². The van der Waals surface area contributed by atoms with Gasteiger partial charge in [0, 0.05) is 19.1 Å². The van der Waals surface area contributed by atoms with Crippen molar-refractivity contribution in [3.63, 3.8) is 0 Å². The highest BCUT2D eigenvalue weighted by Crippen LogP contribution is 2.19. The van der Waals surface area contributed by atoms with Crippen molar-refractivity contribution < 1.29 is 0 Å². The molecule has 0 saturated heterocycles. The van der Waals surface area contributed by atoms with Gasteiger partial charge in [0.05, 0.1) is 10.6 Å². The van der Waals surface area contributed by atoms with Crippen molar-refractivity contribution in [2.75, 3.05) is 6.54 Å². The molecule has 5 heteroatoms. The molecule has 1 aromatic heterocycles. The molecule has 0 aliphatic rings. The first-order valence-electron chi connectivity index (χ1n) is 4.89. The largest absolute Gasteiger partial charge is 0.329 e. The highest BCUT2D eigenvalue weighted by Gasteiger charge is 2.11. The van der Waals surface area contributed by atoms with E-state index in [0.29, 0.717) is 18.5 Å². The first kappa shape index (κ1) is 11.6. The average Bonchev–Trinajstić information content (AvgIpc) is 2.62. The molecule has 1 aromatic rings. The van der Waals surface area contributed by atoms with Crippen LogP contribution in [0, 0.1) is 0 Å². The smallest absolute Gasteiger partial charge is 0.0826 e. The molecule has 3 N–H and O–H groups in total. The van der Waals surface area contributed by atoms with Crippen molar-refractivity contribution in [1.29, 1.82) is 0 Å². The molecule has 1 heterocycles. The molecular weight excluding hydrogens is 196 g/mol. The second kappa shape index (κ2) is 5.38. The van der Waals surface area contributed by atoms with Crippen molar-refractivity contribution in [3.05, 3.63) is 10.6 Å². The van der Waals surface area contributed by atoms with E-state index in [-0.39, 0.29) is 0 Å². The molecular formula is C9H18N4S. The van der Waals surface area contributed by atoms with Crippen molar-refractivity contribution in [1.82, 2.24) is 14.9 Å². The lowest BCUT2D eigenvalue weighted by molar-refractivity contribution is 0.556. The molecule has 0 aliphatic carbocycles. The number of nitrogens with zero attached hydrogens (tertiary/aromatic N) is 2. The van der Waals surface area contributed by atoms with Gasteiger partial charge in [-0.25, -0.2) is 0 Å². The summed E-state index contributed by atoms with van der Waals surface area (Å²) in [6.45, 7) is 7.81. The average molecular weight is 214 g/mol. The molecule has 0 fully saturated rings. The molecule has 0 bridgehead atoms. The predicted octanol–water partition coefficient (Wildman–Crippen LogP) is 1.10. The third-order valence-corrected chi connectivity index (χ3v) is 2.83. The molecule has 0 saturated carbocycles. The normalized spacial score (nSPS) is 13.5. The lowest BCUT2D eigenvalue weighted by atomic mass is 10.1. The zero-order chi connectivity index (χ0) is 10.6. The number of hydrogen-bond acceptors (Lipinski definition) is 5. The van der Waals surface area contributed by atoms with E-state index in [0.717, 1.165) is 12.2 Å². The Bertz CT molecular complexity index is 272. The van der Waals surface area contributed by atoms with Crippen LogP contribution in [0.2, 0.25) is 0 Å². The van der Waals surface area contributed by atoms with Gasteiger partial charge >= 0.3 is 0 Å². The van der Waals surface area contributed by atoms with Gasteiger partial charge in [-0.05, 0) is 24.4 Å². The van der Waals surface area contributed by atoms with Gasteiger partial charge in [-0.1, -0.05) is 18.3 Å². The fraction of sp³-hybridized carbons (Fsp3) is 0.778. The van der Waals surface area contributed by atoms with Crippen molar-refractivity contribution >= 4 is 11.5 Å². The van der Waals surface area contributed by atoms with E-state index in [2.05, 4.69) is 35.7 Å². The zero-order valence-corrected chi connectivity index (χ0v) is 9.77. The molecule has 0 aromatic carbocycles. The summed E-state index contributed by atoms with van der Waals surface area (Å²) in [4.78, 5) is 1.22. The number of nitrogens with two attached hydrogens (primary N) is 1. The van der Waals surface area contributed by atoms with Gasteiger partial charge in [0.25, 0.3) is 0 Å². The van der Waals surface area contributed by atoms with Crippen molar-refractivity contribution in [2.24, 2.45) is 5.73 Å². The highest BCUT2D eigenvalue weighted by molar-refractivity contribution is 7.05. The van der Waals surface area contributed by atoms with Crippen LogP contribution in [0.15, 0.2) is 0 Å². The molecule has 14 heavy (non-hydrogen) atoms. The van der Waals surface area contributed by atoms with E-state index in [9.17, 15) is 0 Å². The van der Waals surface area contributed by atoms with Crippen LogP contribution in [-0.4, -0.2) is 22.2 Å². The highest BCUT2D eigenvalue weighted by atomic mass is 32.1. The number of nitrogens with one attached hydrogen (secondary N) is 1. The number of aromatic nitrogens is 2. The Balaban J connectivity index is 2.54. The van der Waals surface area contributed by atoms with Gasteiger partial charge in [-0.2, -0.15) is 0 Å². The van der Waals surface area contributed by atoms with E-state index >= 15 is 0 Å². The maximum Gasteiger partial charge on any atom is 0.0826 e. The van der Waals surface area contributed by atoms with Crippen LogP contribution in [-0.2, 0) is 6.54 Å². The van der Waals surface area contributed by atoms with Crippen LogP contribution >= 0.6 is 11.5 Å². The Kier molecular flexibility index (Phi) is 4.44. The van der Waals surface area contributed by atoms with Gasteiger partial charge < -0.3 is 11.1 Å². The summed E-state index contributed by atoms with van der Waals surface area (Å²) < 4.78 is 3.97. The van der Waals surface area contributed by atoms with Crippen LogP contribution in [0.1, 0.15) is 37.3 Å². The topological polar surface area (TPSA) is 63.8 Å². The second-order valence-electron chi connectivity index (χ2n) is 3.75. The summed E-state index contributed by atoms with van der Waals surface area (Å²) in [7, 11) is 0. The summed E-state index contributed by atoms with van der Waals surface area (Å²) in [6.07, 6.45) is 0. The first-order chi connectivity index (χ1) is 6.65. The predicted molar refractivity (Wildman–Crippen MR) is 59.4 cm³/mol. The monoisotopic (exact) mass is 214 g/mol. The van der Waals surface area contributed by atoms with Crippen molar-refractivity contribution in [3.8, 4) is 0 Å². The molecule has 0 aliphatic heterocycles. The Morgan fingerprint density at radius 3 is 2.71 bits per heavy atom. The van der Waals surface area contributed by atoms with E-state index in [4.69, 9.17) is 5.73 Å². The van der Waals surface area contributed by atoms with E-state index < -0.39 is 0 Å². The Labute approximate surface area is 89.1 Å². The Hall–Kier alpha value is -0.520. The zero-order valence-electron chi connectivity index (χ0n) is 8.95. The molecule has 0 amide bonds. The van der Waals surface area contributed by atoms with E-state index in [1.807, 2.05) is 0 Å². The standard InChI is InChI=1S/C9H18N4S/c1-6(2)9-8(14-13-12-9)5-11-7(3)4-10/h6-7,11H,4-5,10H2,1-3H3/t7-/m0/s1. The minimum Gasteiger partial charge on any atom is -0.329 e. The van der Waals surface area contributed by atoms with E-state index in [1.165, 1.54) is 16.4 Å². The maximum atomic E-state index is 5.52. The van der Waals surface area contributed by atoms with Gasteiger partial charge in [0.15, 0.2) is 0 Å². The van der Waals surface area contributed by atoms with Gasteiger partial charge in [-0.3, -0.25) is 0 Å². The van der Waals surface area contributed by atoms with Crippen LogP contribution in [0.3, 0.4) is 0 Å². The third kappa shape index (κ3) is 3.01. The Morgan fingerprint density at radius 2 is 2.14 bits per heavy atom. The molecule has 0 radical (unpaired) electrons. The summed E-state index contributed by atoms with van der Waals surface area (Å²) in [6, 6.07) is 0.345. The molecule has 1 atom stereocenters. The van der Waals surface area contributed by atoms with Gasteiger partial charge in [0.1, 0.15) is 0 Å². The fourth-order valence-electron chi connectivity index (χ4n) is 1.13. The first-order valence-corrected chi connectivity index (χ1v) is 5.67. The minimum atomic E-state index is 0.345. The molecule has 0 spiro atoms. The molecule has 0 unspecified atom stereocenters. The summed E-state index contributed by atoms with van der Waals surface area (Å²) >= 11 is 1.47. The lowest BCUT2D eigenvalue weighted by Crippen LogP contribution is -2.32. The lowest BCUT2D eigenvalue weighted by Gasteiger charge is -2.10. The fourth-order valence-corrected chi connectivity index (χ4v) is 1.87. The molecule has 1 rings (SSSR count). The van der Waals surface area contributed by atoms with Crippen molar-refractivity contribution in [2.45, 2.75) is 39.3 Å². The summed E-state index contributed by atoms with van der Waals surface area (Å²) in [5, 5.41) is 7.45. The van der Waals surface area contributed by atoms with Gasteiger partial charge in [0.2, 0.25) is 0 Å². The number of hydrogen-bond donors (Lipinski definition) is 2. The maximum absolute atomic E-state index is 5.52. The molecule has 80 valence electrons. The van der Waals surface area contributed by atoms with E-state index in [1.54, 1.807) is 0 Å². The quantitative estimate of drug-likeness (QED) is 0.770. The van der Waals surface area contributed by atoms with Crippen LogP contribution < -0.4 is 11.1 Å². The summed E-state index contributed by atoms with van der Waals surface area (Å²) in [5.74, 6) is 0.443.